The van der Waals surface area contributed by atoms with Crippen molar-refractivity contribution in [1.82, 2.24) is 5.32 Å². The summed E-state index contributed by atoms with van der Waals surface area (Å²) >= 11 is 0. The fraction of sp³-hybridized carbons (Fsp3) is 0.381. The number of nitrogens with zero attached hydrogens (tertiary/aromatic N) is 1. The number of carbonyl (C=O) groups is 1. The molecule has 0 saturated carbocycles. The van der Waals surface area contributed by atoms with Crippen LogP contribution in [0.15, 0.2) is 40.8 Å². The van der Waals surface area contributed by atoms with Crippen LogP contribution in [-0.2, 0) is 0 Å². The maximum atomic E-state index is 13.9. The van der Waals surface area contributed by atoms with Gasteiger partial charge in [-0.25, -0.2) is 4.39 Å². The summed E-state index contributed by atoms with van der Waals surface area (Å²) in [6.45, 7) is 5.10. The molecule has 1 amide bonds. The van der Waals surface area contributed by atoms with Crippen LogP contribution in [0.1, 0.15) is 36.6 Å². The molecule has 1 aromatic heterocycles. The molecule has 1 aromatic carbocycles. The summed E-state index contributed by atoms with van der Waals surface area (Å²) in [7, 11) is 0. The van der Waals surface area contributed by atoms with Gasteiger partial charge in [-0.3, -0.25) is 4.79 Å². The number of amides is 1. The lowest BCUT2D eigenvalue weighted by Gasteiger charge is -2.19. The molecule has 5 nitrogen and oxygen atoms in total. The van der Waals surface area contributed by atoms with Gasteiger partial charge in [0, 0.05) is 19.6 Å². The number of hydrogen-bond donors (Lipinski definition) is 2. The van der Waals surface area contributed by atoms with Gasteiger partial charge in [-0.1, -0.05) is 18.1 Å². The van der Waals surface area contributed by atoms with E-state index >= 15 is 0 Å². The van der Waals surface area contributed by atoms with E-state index in [2.05, 4.69) is 17.2 Å². The average Bonchev–Trinajstić information content (AvgIpc) is 3.27. The summed E-state index contributed by atoms with van der Waals surface area (Å²) in [5.41, 5.74) is -0.519. The van der Waals surface area contributed by atoms with Crippen LogP contribution in [-0.4, -0.2) is 36.2 Å². The molecule has 0 spiro atoms. The Morgan fingerprint density at radius 1 is 1.37 bits per heavy atom. The van der Waals surface area contributed by atoms with Crippen molar-refractivity contribution in [3.8, 4) is 11.8 Å². The molecule has 142 valence electrons. The van der Waals surface area contributed by atoms with Crippen LogP contribution >= 0.6 is 0 Å². The quantitative estimate of drug-likeness (QED) is 0.813. The van der Waals surface area contributed by atoms with E-state index in [1.807, 2.05) is 11.0 Å². The maximum Gasteiger partial charge on any atom is 0.287 e. The van der Waals surface area contributed by atoms with Crippen LogP contribution in [0.4, 0.5) is 10.1 Å². The second-order valence-corrected chi connectivity index (χ2v) is 7.24. The van der Waals surface area contributed by atoms with E-state index in [1.54, 1.807) is 38.1 Å². The van der Waals surface area contributed by atoms with E-state index in [4.69, 9.17) is 4.42 Å². The van der Waals surface area contributed by atoms with Gasteiger partial charge in [-0.2, -0.15) is 0 Å². The highest BCUT2D eigenvalue weighted by molar-refractivity contribution is 5.91. The highest BCUT2D eigenvalue weighted by atomic mass is 19.1. The van der Waals surface area contributed by atoms with Gasteiger partial charge in [-0.05, 0) is 56.4 Å². The Balaban J connectivity index is 1.52. The predicted octanol–water partition coefficient (Wildman–Crippen LogP) is 2.80. The van der Waals surface area contributed by atoms with Crippen LogP contribution in [0.3, 0.4) is 0 Å². The largest absolute Gasteiger partial charge is 0.443 e. The van der Waals surface area contributed by atoms with Crippen molar-refractivity contribution in [2.24, 2.45) is 5.92 Å². The third-order valence-electron chi connectivity index (χ3n) is 4.35. The van der Waals surface area contributed by atoms with Crippen LogP contribution < -0.4 is 10.2 Å². The van der Waals surface area contributed by atoms with Gasteiger partial charge in [0.1, 0.15) is 11.4 Å². The number of furan rings is 1. The Kier molecular flexibility index (Phi) is 5.52. The third kappa shape index (κ3) is 5.11. The van der Waals surface area contributed by atoms with Crippen molar-refractivity contribution < 1.29 is 18.7 Å². The molecule has 1 fully saturated rings. The molecule has 2 N–H and O–H groups in total. The minimum Gasteiger partial charge on any atom is -0.443 e. The summed E-state index contributed by atoms with van der Waals surface area (Å²) < 4.78 is 19.3. The molecule has 2 heterocycles. The van der Waals surface area contributed by atoms with Gasteiger partial charge in [0.25, 0.3) is 5.91 Å². The normalized spacial score (nSPS) is 16.7. The van der Waals surface area contributed by atoms with Crippen LogP contribution in [0.5, 0.6) is 0 Å². The molecule has 27 heavy (non-hydrogen) atoms. The van der Waals surface area contributed by atoms with Crippen molar-refractivity contribution in [1.29, 1.82) is 0 Å². The van der Waals surface area contributed by atoms with E-state index in [0.717, 1.165) is 13.0 Å². The highest BCUT2D eigenvalue weighted by Gasteiger charge is 2.25. The van der Waals surface area contributed by atoms with E-state index < -0.39 is 5.60 Å². The first-order valence-corrected chi connectivity index (χ1v) is 8.95. The highest BCUT2D eigenvalue weighted by Crippen LogP contribution is 2.25. The molecule has 2 aromatic rings. The van der Waals surface area contributed by atoms with Crippen molar-refractivity contribution in [3.05, 3.63) is 53.7 Å². The predicted molar refractivity (Wildman–Crippen MR) is 101 cm³/mol. The molecule has 1 saturated heterocycles. The van der Waals surface area contributed by atoms with E-state index in [9.17, 15) is 14.3 Å². The molecule has 0 aliphatic carbocycles. The molecule has 0 bridgehead atoms. The Bertz CT molecular complexity index is 873. The molecular weight excluding hydrogens is 347 g/mol. The lowest BCUT2D eigenvalue weighted by atomic mass is 10.1. The summed E-state index contributed by atoms with van der Waals surface area (Å²) in [6.07, 6.45) is 0.884. The van der Waals surface area contributed by atoms with E-state index in [1.165, 1.54) is 6.07 Å². The topological polar surface area (TPSA) is 65.7 Å². The molecule has 3 rings (SSSR count). The zero-order valence-electron chi connectivity index (χ0n) is 15.5. The average molecular weight is 370 g/mol. The fourth-order valence-corrected chi connectivity index (χ4v) is 2.99. The number of para-hydroxylation sites is 1. The maximum absolute atomic E-state index is 13.9. The first-order chi connectivity index (χ1) is 12.8. The van der Waals surface area contributed by atoms with Gasteiger partial charge in [0.05, 0.1) is 5.69 Å². The van der Waals surface area contributed by atoms with Crippen LogP contribution in [0.25, 0.3) is 0 Å². The molecule has 1 unspecified atom stereocenters. The van der Waals surface area contributed by atoms with E-state index in [-0.39, 0.29) is 23.4 Å². The minimum absolute atomic E-state index is 0.180. The molecule has 1 aliphatic rings. The zero-order valence-corrected chi connectivity index (χ0v) is 15.5. The third-order valence-corrected chi connectivity index (χ3v) is 4.35. The van der Waals surface area contributed by atoms with Crippen LogP contribution in [0.2, 0.25) is 0 Å². The summed E-state index contributed by atoms with van der Waals surface area (Å²) in [5, 5.41) is 12.5. The number of anilines is 1. The summed E-state index contributed by atoms with van der Waals surface area (Å²) in [6, 6.07) is 9.89. The monoisotopic (exact) mass is 370 g/mol. The Morgan fingerprint density at radius 2 is 2.15 bits per heavy atom. The number of halogens is 1. The first kappa shape index (κ1) is 19.0. The first-order valence-electron chi connectivity index (χ1n) is 8.95. The second-order valence-electron chi connectivity index (χ2n) is 7.24. The van der Waals surface area contributed by atoms with Crippen molar-refractivity contribution in [2.75, 3.05) is 24.5 Å². The molecule has 1 atom stereocenters. The number of rotatable bonds is 4. The summed E-state index contributed by atoms with van der Waals surface area (Å²) in [4.78, 5) is 14.2. The van der Waals surface area contributed by atoms with Gasteiger partial charge in [0.15, 0.2) is 11.5 Å². The van der Waals surface area contributed by atoms with E-state index in [0.29, 0.717) is 24.5 Å². The summed E-state index contributed by atoms with van der Waals surface area (Å²) in [5.74, 6) is 5.55. The van der Waals surface area contributed by atoms with Crippen molar-refractivity contribution in [3.63, 3.8) is 0 Å². The molecule has 6 heteroatoms. The van der Waals surface area contributed by atoms with Gasteiger partial charge in [0.2, 0.25) is 0 Å². The Morgan fingerprint density at radius 3 is 2.89 bits per heavy atom. The number of hydrogen-bond acceptors (Lipinski definition) is 4. The zero-order chi connectivity index (χ0) is 19.4. The minimum atomic E-state index is -1.12. The number of aliphatic hydroxyl groups is 1. The second kappa shape index (κ2) is 7.85. The SMILES string of the molecule is CC(C)(O)C#Cc1ccc(C(=O)NCC2CCN(c3ccccc3F)C2)o1. The smallest absolute Gasteiger partial charge is 0.287 e. The molecule has 1 aliphatic heterocycles. The molecule has 0 radical (unpaired) electrons. The van der Waals surface area contributed by atoms with Gasteiger partial charge < -0.3 is 19.7 Å². The fourth-order valence-electron chi connectivity index (χ4n) is 2.99. The van der Waals surface area contributed by atoms with Gasteiger partial charge in [-0.15, -0.1) is 0 Å². The lowest BCUT2D eigenvalue weighted by molar-refractivity contribution is 0.0920. The van der Waals surface area contributed by atoms with Crippen LogP contribution in [0, 0.1) is 23.6 Å². The molecular formula is C21H23FN2O3. The Labute approximate surface area is 158 Å². The lowest BCUT2D eigenvalue weighted by Crippen LogP contribution is -2.31. The number of nitrogens with one attached hydrogen (secondary N) is 1. The number of carbonyl (C=O) groups excluding carboxylic acids is 1. The Hall–Kier alpha value is -2.78. The van der Waals surface area contributed by atoms with Crippen molar-refractivity contribution in [2.45, 2.75) is 25.9 Å². The number of benzene rings is 1. The standard InChI is InChI=1S/C21H23FN2O3/c1-21(2,26)11-9-16-7-8-19(27-16)20(25)23-13-15-10-12-24(14-15)18-6-4-3-5-17(18)22/h3-8,15,26H,10,12-14H2,1-2H3,(H,23,25). The van der Waals surface area contributed by atoms with Gasteiger partial charge >= 0.3 is 0 Å². The van der Waals surface area contributed by atoms with Crippen molar-refractivity contribution >= 4 is 11.6 Å².